The maximum absolute atomic E-state index is 13.1. The van der Waals surface area contributed by atoms with Gasteiger partial charge in [-0.1, -0.05) is 39.0 Å². The number of nitrogens with one attached hydrogen (secondary N) is 3. The maximum atomic E-state index is 13.1. The molecule has 0 aliphatic carbocycles. The molecule has 3 N–H and O–H groups in total. The van der Waals surface area contributed by atoms with Crippen molar-refractivity contribution < 1.29 is 19.1 Å². The number of rotatable bonds is 7. The van der Waals surface area contributed by atoms with Crippen LogP contribution in [-0.4, -0.2) is 38.7 Å². The highest BCUT2D eigenvalue weighted by atomic mass is 32.2. The fourth-order valence-corrected chi connectivity index (χ4v) is 4.37. The first-order valence-electron chi connectivity index (χ1n) is 13.4. The van der Waals surface area contributed by atoms with Crippen LogP contribution in [0.2, 0.25) is 0 Å². The molecule has 3 amide bonds. The van der Waals surface area contributed by atoms with Crippen molar-refractivity contribution in [3.05, 3.63) is 78.6 Å². The van der Waals surface area contributed by atoms with E-state index < -0.39 is 17.7 Å². The number of thioether (sulfide) groups is 1. The SMILES string of the molecule is CSc1cc(Oc2ccnc(NC(=O)OC(C)(C)C)c2)ccc1NC(=O)Nc1cc(C(C)(C)C)nn1-c1ccccc1. The number of pyridine rings is 1. The van der Waals surface area contributed by atoms with E-state index in [4.69, 9.17) is 14.6 Å². The van der Waals surface area contributed by atoms with Crippen LogP contribution in [0, 0.1) is 0 Å². The maximum Gasteiger partial charge on any atom is 0.413 e. The summed E-state index contributed by atoms with van der Waals surface area (Å²) < 4.78 is 13.0. The number of aromatic nitrogens is 3. The summed E-state index contributed by atoms with van der Waals surface area (Å²) in [7, 11) is 0. The average Bonchev–Trinajstić information content (AvgIpc) is 3.33. The number of ether oxygens (including phenoxy) is 2. The van der Waals surface area contributed by atoms with Crippen molar-refractivity contribution in [2.75, 3.05) is 22.2 Å². The Labute approximate surface area is 250 Å². The van der Waals surface area contributed by atoms with Gasteiger partial charge in [0.25, 0.3) is 0 Å². The van der Waals surface area contributed by atoms with Gasteiger partial charge in [-0.2, -0.15) is 5.10 Å². The lowest BCUT2D eigenvalue weighted by Crippen LogP contribution is -2.27. The standard InChI is InChI=1S/C31H36N6O4S/c1-30(2,3)25-19-27(37(36-25)20-11-9-8-10-12-20)35-28(38)33-23-14-13-21(17-24(23)42-7)40-22-15-16-32-26(18-22)34-29(39)41-31(4,5)6/h8-19H,1-7H3,(H,32,34,39)(H2,33,35,38). The van der Waals surface area contributed by atoms with E-state index in [1.807, 2.05) is 48.7 Å². The largest absolute Gasteiger partial charge is 0.457 e. The molecule has 0 unspecified atom stereocenters. The first-order valence-corrected chi connectivity index (χ1v) is 14.6. The Morgan fingerprint density at radius 1 is 0.857 bits per heavy atom. The molecule has 0 aliphatic rings. The average molecular weight is 589 g/mol. The van der Waals surface area contributed by atoms with Crippen LogP contribution in [0.3, 0.4) is 0 Å². The minimum atomic E-state index is -0.627. The number of hydrogen-bond acceptors (Lipinski definition) is 7. The van der Waals surface area contributed by atoms with Gasteiger partial charge in [0, 0.05) is 28.6 Å². The van der Waals surface area contributed by atoms with Gasteiger partial charge in [-0.25, -0.2) is 19.3 Å². The van der Waals surface area contributed by atoms with Crippen LogP contribution in [0.4, 0.5) is 26.9 Å². The molecule has 0 radical (unpaired) electrons. The number of carbonyl (C=O) groups is 2. The smallest absolute Gasteiger partial charge is 0.413 e. The first kappa shape index (κ1) is 30.4. The van der Waals surface area contributed by atoms with Crippen LogP contribution in [-0.2, 0) is 10.2 Å². The number of anilines is 3. The van der Waals surface area contributed by atoms with Crippen molar-refractivity contribution in [2.45, 2.75) is 57.5 Å². The predicted molar refractivity (Wildman–Crippen MR) is 167 cm³/mol. The molecular weight excluding hydrogens is 552 g/mol. The van der Waals surface area contributed by atoms with Gasteiger partial charge in [-0.15, -0.1) is 11.8 Å². The lowest BCUT2D eigenvalue weighted by Gasteiger charge is -2.19. The summed E-state index contributed by atoms with van der Waals surface area (Å²) in [4.78, 5) is 30.2. The van der Waals surface area contributed by atoms with Gasteiger partial charge in [-0.05, 0) is 63.4 Å². The van der Waals surface area contributed by atoms with Gasteiger partial charge in [-0.3, -0.25) is 10.6 Å². The topological polar surface area (TPSA) is 119 Å². The lowest BCUT2D eigenvalue weighted by molar-refractivity contribution is 0.0635. The Hall–Kier alpha value is -4.51. The third-order valence-electron chi connectivity index (χ3n) is 5.74. The van der Waals surface area contributed by atoms with E-state index in [2.05, 4.69) is 41.7 Å². The highest BCUT2D eigenvalue weighted by Crippen LogP contribution is 2.33. The molecular formula is C31H36N6O4S. The monoisotopic (exact) mass is 588 g/mol. The summed E-state index contributed by atoms with van der Waals surface area (Å²) >= 11 is 1.47. The molecule has 4 aromatic rings. The third-order valence-corrected chi connectivity index (χ3v) is 6.52. The number of carbonyl (C=O) groups excluding carboxylic acids is 2. The molecule has 2 heterocycles. The van der Waals surface area contributed by atoms with Crippen molar-refractivity contribution in [1.82, 2.24) is 14.8 Å². The minimum absolute atomic E-state index is 0.198. The van der Waals surface area contributed by atoms with Gasteiger partial charge in [0.15, 0.2) is 0 Å². The number of urea groups is 1. The molecule has 0 spiro atoms. The summed E-state index contributed by atoms with van der Waals surface area (Å²) in [5.41, 5.74) is 1.49. The van der Waals surface area contributed by atoms with Crippen molar-refractivity contribution in [2.24, 2.45) is 0 Å². The molecule has 0 fully saturated rings. The van der Waals surface area contributed by atoms with Crippen LogP contribution in [0.1, 0.15) is 47.2 Å². The summed E-state index contributed by atoms with van der Waals surface area (Å²) in [5.74, 6) is 1.89. The van der Waals surface area contributed by atoms with Crippen LogP contribution < -0.4 is 20.7 Å². The van der Waals surface area contributed by atoms with E-state index in [-0.39, 0.29) is 5.41 Å². The normalized spacial score (nSPS) is 11.5. The predicted octanol–water partition coefficient (Wildman–Crippen LogP) is 8.07. The lowest BCUT2D eigenvalue weighted by atomic mass is 9.92. The molecule has 0 saturated carbocycles. The van der Waals surface area contributed by atoms with Crippen molar-refractivity contribution in [3.8, 4) is 17.2 Å². The van der Waals surface area contributed by atoms with Gasteiger partial charge in [0.2, 0.25) is 0 Å². The van der Waals surface area contributed by atoms with E-state index in [9.17, 15) is 9.59 Å². The zero-order valence-corrected chi connectivity index (χ0v) is 25.6. The number of amides is 3. The quantitative estimate of drug-likeness (QED) is 0.187. The molecule has 0 bridgehead atoms. The Bertz CT molecular complexity index is 1560. The molecule has 11 heteroatoms. The number of hydrogen-bond donors (Lipinski definition) is 3. The minimum Gasteiger partial charge on any atom is -0.457 e. The molecule has 2 aromatic heterocycles. The molecule has 0 saturated heterocycles. The Balaban J connectivity index is 1.47. The summed E-state index contributed by atoms with van der Waals surface area (Å²) in [6.07, 6.45) is 2.84. The van der Waals surface area contributed by atoms with Gasteiger partial charge in [0.05, 0.1) is 17.1 Å². The summed E-state index contributed by atoms with van der Waals surface area (Å²) in [6, 6.07) is 19.8. The summed E-state index contributed by atoms with van der Waals surface area (Å²) in [6.45, 7) is 11.6. The second-order valence-electron chi connectivity index (χ2n) is 11.5. The Kier molecular flexibility index (Phi) is 9.11. The zero-order valence-electron chi connectivity index (χ0n) is 24.8. The van der Waals surface area contributed by atoms with Crippen LogP contribution >= 0.6 is 11.8 Å². The number of para-hydroxylation sites is 1. The van der Waals surface area contributed by atoms with Gasteiger partial charge in [0.1, 0.15) is 28.7 Å². The molecule has 0 aliphatic heterocycles. The van der Waals surface area contributed by atoms with Crippen LogP contribution in [0.25, 0.3) is 5.69 Å². The second-order valence-corrected chi connectivity index (χ2v) is 12.3. The second kappa shape index (κ2) is 12.6. The van der Waals surface area contributed by atoms with Crippen molar-refractivity contribution in [3.63, 3.8) is 0 Å². The van der Waals surface area contributed by atoms with Gasteiger partial charge < -0.3 is 14.8 Å². The van der Waals surface area contributed by atoms with Crippen LogP contribution in [0.5, 0.6) is 11.5 Å². The van der Waals surface area contributed by atoms with Gasteiger partial charge >= 0.3 is 12.1 Å². The molecule has 2 aromatic carbocycles. The van der Waals surface area contributed by atoms with E-state index in [0.717, 1.165) is 16.3 Å². The van der Waals surface area contributed by atoms with Crippen molar-refractivity contribution >= 4 is 41.2 Å². The first-order chi connectivity index (χ1) is 19.8. The highest BCUT2D eigenvalue weighted by molar-refractivity contribution is 7.98. The number of nitrogens with zero attached hydrogens (tertiary/aromatic N) is 3. The van der Waals surface area contributed by atoms with E-state index in [1.165, 1.54) is 18.0 Å². The fourth-order valence-electron chi connectivity index (χ4n) is 3.80. The van der Waals surface area contributed by atoms with Crippen molar-refractivity contribution in [1.29, 1.82) is 0 Å². The molecule has 220 valence electrons. The Morgan fingerprint density at radius 2 is 1.57 bits per heavy atom. The van der Waals surface area contributed by atoms with E-state index in [1.54, 1.807) is 49.7 Å². The molecule has 0 atom stereocenters. The summed E-state index contributed by atoms with van der Waals surface area (Å²) in [5, 5.41) is 13.2. The molecule has 42 heavy (non-hydrogen) atoms. The third kappa shape index (κ3) is 8.26. The fraction of sp³-hybridized carbons (Fsp3) is 0.290. The van der Waals surface area contributed by atoms with Crippen LogP contribution in [0.15, 0.2) is 77.8 Å². The zero-order chi connectivity index (χ0) is 30.5. The molecule has 10 nitrogen and oxygen atoms in total. The highest BCUT2D eigenvalue weighted by Gasteiger charge is 2.22. The molecule has 4 rings (SSSR count). The van der Waals surface area contributed by atoms with E-state index >= 15 is 0 Å². The van der Waals surface area contributed by atoms with E-state index in [0.29, 0.717) is 28.8 Å². The Morgan fingerprint density at radius 3 is 2.24 bits per heavy atom. The number of benzene rings is 2.